The molecule has 0 fully saturated rings. The summed E-state index contributed by atoms with van der Waals surface area (Å²) < 4.78 is 0. The van der Waals surface area contributed by atoms with E-state index in [2.05, 4.69) is 12.2 Å². The third-order valence-electron chi connectivity index (χ3n) is 5.68. The zero-order valence-electron chi connectivity index (χ0n) is 19.4. The van der Waals surface area contributed by atoms with E-state index in [9.17, 15) is 14.4 Å². The van der Waals surface area contributed by atoms with Crippen molar-refractivity contribution in [1.29, 1.82) is 0 Å². The number of carboxylic acids is 1. The van der Waals surface area contributed by atoms with E-state index in [1.807, 2.05) is 0 Å². The van der Waals surface area contributed by atoms with Gasteiger partial charge in [-0.15, -0.1) is 0 Å². The van der Waals surface area contributed by atoms with Crippen LogP contribution in [-0.4, -0.2) is 29.3 Å². The van der Waals surface area contributed by atoms with Gasteiger partial charge in [0.25, 0.3) is 0 Å². The number of carboxylic acid groups (broad SMARTS) is 1. The first-order chi connectivity index (χ1) is 14.6. The average molecular weight is 425 g/mol. The van der Waals surface area contributed by atoms with Gasteiger partial charge < -0.3 is 10.4 Å². The molecule has 175 valence electrons. The molecule has 0 aromatic rings. The van der Waals surface area contributed by atoms with Crippen molar-refractivity contribution in [2.75, 3.05) is 0 Å². The molecule has 0 aromatic heterocycles. The second-order valence-electron chi connectivity index (χ2n) is 8.55. The van der Waals surface area contributed by atoms with Gasteiger partial charge in [-0.1, -0.05) is 110 Å². The minimum absolute atomic E-state index is 0.0242. The highest BCUT2D eigenvalue weighted by Crippen LogP contribution is 2.14. The predicted molar refractivity (Wildman–Crippen MR) is 123 cm³/mol. The summed E-state index contributed by atoms with van der Waals surface area (Å²) in [4.78, 5) is 33.1. The van der Waals surface area contributed by atoms with Crippen molar-refractivity contribution >= 4 is 18.2 Å². The summed E-state index contributed by atoms with van der Waals surface area (Å²) in [5, 5.41) is 11.5. The second-order valence-corrected chi connectivity index (χ2v) is 8.55. The molecule has 1 amide bonds. The molecule has 0 heterocycles. The molecule has 0 saturated heterocycles. The summed E-state index contributed by atoms with van der Waals surface area (Å²) >= 11 is 0. The molecule has 0 rings (SSSR count). The summed E-state index contributed by atoms with van der Waals surface area (Å²) in [7, 11) is 0. The van der Waals surface area contributed by atoms with E-state index in [1.165, 1.54) is 89.9 Å². The third kappa shape index (κ3) is 19.9. The molecule has 2 N–H and O–H groups in total. The Hall–Kier alpha value is -1.39. The van der Waals surface area contributed by atoms with Crippen molar-refractivity contribution in [3.63, 3.8) is 0 Å². The van der Waals surface area contributed by atoms with Gasteiger partial charge in [0, 0.05) is 12.8 Å². The smallest absolute Gasteiger partial charge is 0.326 e. The fourth-order valence-electron chi connectivity index (χ4n) is 3.74. The Morgan fingerprint density at radius 3 is 1.50 bits per heavy atom. The number of aliphatic carboxylic acids is 1. The summed E-state index contributed by atoms with van der Waals surface area (Å²) in [5.74, 6) is -1.34. The molecule has 1 atom stereocenters. The quantitative estimate of drug-likeness (QED) is 0.184. The lowest BCUT2D eigenvalue weighted by molar-refractivity contribution is -0.142. The first-order valence-electron chi connectivity index (χ1n) is 12.5. The molecule has 0 aliphatic heterocycles. The van der Waals surface area contributed by atoms with Crippen LogP contribution >= 0.6 is 0 Å². The molecular formula is C25H46NO4. The van der Waals surface area contributed by atoms with Gasteiger partial charge in [0.2, 0.25) is 5.91 Å². The number of amides is 1. The molecule has 0 spiro atoms. The zero-order valence-corrected chi connectivity index (χ0v) is 19.4. The van der Waals surface area contributed by atoms with Crippen LogP contribution in [0.4, 0.5) is 0 Å². The van der Waals surface area contributed by atoms with E-state index in [4.69, 9.17) is 5.11 Å². The number of carbonyl (C=O) groups is 2. The number of carbonyl (C=O) groups excluding carboxylic acids is 2. The lowest BCUT2D eigenvalue weighted by atomic mass is 10.0. The van der Waals surface area contributed by atoms with Crippen molar-refractivity contribution in [3.8, 4) is 0 Å². The van der Waals surface area contributed by atoms with Crippen molar-refractivity contribution in [2.45, 2.75) is 141 Å². The largest absolute Gasteiger partial charge is 0.480 e. The van der Waals surface area contributed by atoms with Crippen LogP contribution in [-0.2, 0) is 14.4 Å². The summed E-state index contributed by atoms with van der Waals surface area (Å²) in [5.41, 5.74) is 0. The minimum Gasteiger partial charge on any atom is -0.480 e. The Kier molecular flexibility index (Phi) is 21.3. The first kappa shape index (κ1) is 28.6. The second kappa shape index (κ2) is 22.3. The van der Waals surface area contributed by atoms with Crippen LogP contribution in [0.3, 0.4) is 0 Å². The van der Waals surface area contributed by atoms with E-state index in [-0.39, 0.29) is 18.7 Å². The number of unbranched alkanes of at least 4 members (excludes halogenated alkanes) is 16. The van der Waals surface area contributed by atoms with Gasteiger partial charge in [-0.25, -0.2) is 4.79 Å². The Morgan fingerprint density at radius 1 is 0.733 bits per heavy atom. The van der Waals surface area contributed by atoms with Gasteiger partial charge >= 0.3 is 5.97 Å². The molecule has 0 saturated carbocycles. The lowest BCUT2D eigenvalue weighted by Gasteiger charge is -2.12. The fourth-order valence-corrected chi connectivity index (χ4v) is 3.74. The van der Waals surface area contributed by atoms with Crippen LogP contribution < -0.4 is 5.32 Å². The molecule has 5 heteroatoms. The van der Waals surface area contributed by atoms with Gasteiger partial charge in [-0.05, 0) is 12.8 Å². The topological polar surface area (TPSA) is 83.5 Å². The highest BCUT2D eigenvalue weighted by atomic mass is 16.4. The van der Waals surface area contributed by atoms with Gasteiger partial charge in [0.1, 0.15) is 6.04 Å². The van der Waals surface area contributed by atoms with Gasteiger partial charge in [0.15, 0.2) is 6.29 Å². The molecular weight excluding hydrogens is 378 g/mol. The van der Waals surface area contributed by atoms with E-state index in [0.717, 1.165) is 19.3 Å². The van der Waals surface area contributed by atoms with Crippen molar-refractivity contribution < 1.29 is 19.5 Å². The summed E-state index contributed by atoms with van der Waals surface area (Å²) in [6.45, 7) is 2.27. The Morgan fingerprint density at radius 2 is 1.13 bits per heavy atom. The van der Waals surface area contributed by atoms with Gasteiger partial charge in [-0.3, -0.25) is 9.59 Å². The number of hydrogen-bond acceptors (Lipinski definition) is 3. The summed E-state index contributed by atoms with van der Waals surface area (Å²) in [6.07, 6.45) is 24.1. The van der Waals surface area contributed by atoms with Crippen LogP contribution in [0.15, 0.2) is 0 Å². The van der Waals surface area contributed by atoms with Crippen LogP contribution in [0.5, 0.6) is 0 Å². The maximum absolute atomic E-state index is 11.8. The third-order valence-corrected chi connectivity index (χ3v) is 5.68. The average Bonchev–Trinajstić information content (AvgIpc) is 2.73. The lowest BCUT2D eigenvalue weighted by Crippen LogP contribution is -2.40. The normalized spacial score (nSPS) is 11.9. The van der Waals surface area contributed by atoms with Gasteiger partial charge in [0.05, 0.1) is 0 Å². The van der Waals surface area contributed by atoms with E-state index in [1.54, 1.807) is 6.29 Å². The molecule has 0 aliphatic carbocycles. The molecule has 0 aliphatic rings. The maximum Gasteiger partial charge on any atom is 0.326 e. The zero-order chi connectivity index (χ0) is 22.3. The van der Waals surface area contributed by atoms with Crippen LogP contribution in [0.2, 0.25) is 0 Å². The standard InChI is InChI=1S/C25H46NO4/c1-2-3-4-5-6-7-8-9-10-11-12-13-14-15-16-17-18-21-24(28)26-23(25(29)30)20-19-22-27/h23H,2-21H2,1H3,(H,26,28)(H,29,30)/t23-/m0/s1. The Labute approximate surface area is 184 Å². The van der Waals surface area contributed by atoms with Crippen LogP contribution in [0.1, 0.15) is 135 Å². The predicted octanol–water partition coefficient (Wildman–Crippen LogP) is 6.49. The maximum atomic E-state index is 11.8. The number of hydrogen-bond donors (Lipinski definition) is 2. The molecule has 0 aromatic carbocycles. The first-order valence-corrected chi connectivity index (χ1v) is 12.5. The van der Waals surface area contributed by atoms with Crippen molar-refractivity contribution in [1.82, 2.24) is 5.32 Å². The Bertz CT molecular complexity index is 425. The number of rotatable bonds is 23. The van der Waals surface area contributed by atoms with Crippen molar-refractivity contribution in [3.05, 3.63) is 0 Å². The van der Waals surface area contributed by atoms with Crippen molar-refractivity contribution in [2.24, 2.45) is 0 Å². The van der Waals surface area contributed by atoms with Crippen LogP contribution in [0.25, 0.3) is 0 Å². The SMILES string of the molecule is CCCCCCCCCCCCCCCCCCCC(=O)N[C@@H](CC[C]=O)C(=O)O. The van der Waals surface area contributed by atoms with E-state index < -0.39 is 12.0 Å². The summed E-state index contributed by atoms with van der Waals surface area (Å²) in [6, 6.07) is -0.982. The monoisotopic (exact) mass is 424 g/mol. The van der Waals surface area contributed by atoms with Crippen LogP contribution in [0, 0.1) is 0 Å². The van der Waals surface area contributed by atoms with E-state index in [0.29, 0.717) is 6.42 Å². The molecule has 0 unspecified atom stereocenters. The highest BCUT2D eigenvalue weighted by molar-refractivity contribution is 5.83. The van der Waals surface area contributed by atoms with Gasteiger partial charge in [-0.2, -0.15) is 0 Å². The van der Waals surface area contributed by atoms with E-state index >= 15 is 0 Å². The highest BCUT2D eigenvalue weighted by Gasteiger charge is 2.18. The number of nitrogens with one attached hydrogen (secondary N) is 1. The molecule has 5 nitrogen and oxygen atoms in total. The Balaban J connectivity index is 3.35. The molecule has 30 heavy (non-hydrogen) atoms. The molecule has 1 radical (unpaired) electrons. The fraction of sp³-hybridized carbons (Fsp3) is 0.880. The molecule has 0 bridgehead atoms. The minimum atomic E-state index is -1.10.